The van der Waals surface area contributed by atoms with Crippen LogP contribution in [0.2, 0.25) is 0 Å². The van der Waals surface area contributed by atoms with Crippen molar-refractivity contribution in [2.24, 2.45) is 0 Å². The van der Waals surface area contributed by atoms with Crippen LogP contribution in [0.1, 0.15) is 14.4 Å². The molecule has 0 unspecified atom stereocenters. The average Bonchev–Trinajstić information content (AvgIpc) is 1.33. The van der Waals surface area contributed by atoms with Gasteiger partial charge in [-0.3, -0.25) is 9.59 Å². The molecular formula is C4H10O4. The Hall–Kier alpha value is -1.06. The lowest BCUT2D eigenvalue weighted by Crippen LogP contribution is -1.78. The highest BCUT2D eigenvalue weighted by atomic mass is 16.4. The zero-order valence-electron chi connectivity index (χ0n) is 3.79. The van der Waals surface area contributed by atoms with Crippen molar-refractivity contribution in [3.8, 4) is 0 Å². The summed E-state index contributed by atoms with van der Waals surface area (Å²) in [7, 11) is 0. The molecule has 4 nitrogen and oxygen atoms in total. The number of carboxylic acids is 1. The monoisotopic (exact) mass is 122 g/mol. The third-order valence-corrected chi connectivity index (χ3v) is 0. The van der Waals surface area contributed by atoms with Gasteiger partial charge in [0.15, 0.2) is 0 Å². The fourth-order valence-electron chi connectivity index (χ4n) is 0. The number of aliphatic carboxylic acids is 1. The van der Waals surface area contributed by atoms with Crippen molar-refractivity contribution in [1.82, 2.24) is 0 Å². The van der Waals surface area contributed by atoms with Gasteiger partial charge in [-0.05, 0) is 0 Å². The fraction of sp³-hybridized carbons (Fsp3) is 0.500. The maximum atomic E-state index is 9.00. The molecule has 0 spiro atoms. The highest BCUT2D eigenvalue weighted by Gasteiger charge is 1.65. The first-order valence-electron chi connectivity index (χ1n) is 1.42. The Balaban J connectivity index is -0.0000000575. The van der Waals surface area contributed by atoms with Gasteiger partial charge in [0.05, 0.1) is 0 Å². The highest BCUT2D eigenvalue weighted by Crippen LogP contribution is 1.42. The molecule has 0 aliphatic rings. The largest absolute Gasteiger partial charge is 0.483 e. The summed E-state index contributed by atoms with van der Waals surface area (Å²) in [5.74, 6) is -0.833. The Morgan fingerprint density at radius 3 is 1.62 bits per heavy atom. The van der Waals surface area contributed by atoms with Crippen LogP contribution in [-0.2, 0) is 9.59 Å². The lowest BCUT2D eigenvalue weighted by Gasteiger charge is -1.59. The smallest absolute Gasteiger partial charge is 0.300 e. The molecule has 0 radical (unpaired) electrons. The Kier molecular flexibility index (Phi) is 33.1. The fourth-order valence-corrected chi connectivity index (χ4v) is 0. The van der Waals surface area contributed by atoms with Crippen LogP contribution in [0.5, 0.6) is 0 Å². The first kappa shape index (κ1) is 15.8. The predicted octanol–water partition coefficient (Wildman–Crippen LogP) is 0.428. The van der Waals surface area contributed by atoms with Crippen LogP contribution >= 0.6 is 0 Å². The van der Waals surface area contributed by atoms with E-state index in [1.54, 1.807) is 0 Å². The molecule has 4 heteroatoms. The van der Waals surface area contributed by atoms with Crippen molar-refractivity contribution in [1.29, 1.82) is 0 Å². The van der Waals surface area contributed by atoms with E-state index >= 15 is 0 Å². The minimum atomic E-state index is -0.833. The summed E-state index contributed by atoms with van der Waals surface area (Å²) in [6, 6.07) is 0. The van der Waals surface area contributed by atoms with Gasteiger partial charge < -0.3 is 10.2 Å². The van der Waals surface area contributed by atoms with E-state index in [9.17, 15) is 0 Å². The van der Waals surface area contributed by atoms with Gasteiger partial charge in [-0.15, -0.1) is 0 Å². The first-order chi connectivity index (χ1) is 3.15. The topological polar surface area (TPSA) is 74.6 Å². The Labute approximate surface area is 47.8 Å². The number of carboxylic acid groups (broad SMARTS) is 2. The van der Waals surface area contributed by atoms with E-state index in [0.717, 1.165) is 6.92 Å². The molecule has 50 valence electrons. The highest BCUT2D eigenvalue weighted by molar-refractivity contribution is 5.62. The SMILES string of the molecule is C.CC(=O)O.O=CO. The van der Waals surface area contributed by atoms with Crippen LogP contribution in [0, 0.1) is 0 Å². The molecule has 0 bridgehead atoms. The van der Waals surface area contributed by atoms with Crippen LogP contribution in [-0.4, -0.2) is 22.7 Å². The zero-order valence-corrected chi connectivity index (χ0v) is 3.79. The van der Waals surface area contributed by atoms with Crippen LogP contribution in [0.3, 0.4) is 0 Å². The van der Waals surface area contributed by atoms with Crippen molar-refractivity contribution in [2.75, 3.05) is 0 Å². The molecule has 0 saturated carbocycles. The van der Waals surface area contributed by atoms with E-state index in [4.69, 9.17) is 19.8 Å². The molecule has 0 saturated heterocycles. The van der Waals surface area contributed by atoms with E-state index < -0.39 is 5.97 Å². The van der Waals surface area contributed by atoms with Gasteiger partial charge in [-0.2, -0.15) is 0 Å². The molecule has 8 heavy (non-hydrogen) atoms. The van der Waals surface area contributed by atoms with Crippen LogP contribution < -0.4 is 0 Å². The van der Waals surface area contributed by atoms with Crippen LogP contribution in [0.25, 0.3) is 0 Å². The Morgan fingerprint density at radius 1 is 1.62 bits per heavy atom. The third-order valence-electron chi connectivity index (χ3n) is 0. The summed E-state index contributed by atoms with van der Waals surface area (Å²) < 4.78 is 0. The zero-order chi connectivity index (χ0) is 6.28. The van der Waals surface area contributed by atoms with Crippen LogP contribution in [0.15, 0.2) is 0 Å². The summed E-state index contributed by atoms with van der Waals surface area (Å²) >= 11 is 0. The lowest BCUT2D eigenvalue weighted by molar-refractivity contribution is -0.134. The van der Waals surface area contributed by atoms with Crippen molar-refractivity contribution in [3.63, 3.8) is 0 Å². The molecule has 0 aliphatic heterocycles. The molecule has 0 aromatic heterocycles. The summed E-state index contributed by atoms with van der Waals surface area (Å²) in [5, 5.41) is 14.3. The third kappa shape index (κ3) is 68.3. The van der Waals surface area contributed by atoms with Crippen molar-refractivity contribution < 1.29 is 19.8 Å². The summed E-state index contributed by atoms with van der Waals surface area (Å²) in [6.07, 6.45) is 0. The first-order valence-corrected chi connectivity index (χ1v) is 1.42. The lowest BCUT2D eigenvalue weighted by atomic mass is 10.9. The van der Waals surface area contributed by atoms with Gasteiger partial charge in [-0.1, -0.05) is 7.43 Å². The quantitative estimate of drug-likeness (QED) is 0.457. The summed E-state index contributed by atoms with van der Waals surface area (Å²) in [5.41, 5.74) is 0. The Morgan fingerprint density at radius 2 is 1.62 bits per heavy atom. The van der Waals surface area contributed by atoms with Gasteiger partial charge in [-0.25, -0.2) is 0 Å². The second kappa shape index (κ2) is 16.8. The molecule has 0 fully saturated rings. The second-order valence-corrected chi connectivity index (χ2v) is 0.624. The Bertz CT molecular complexity index is 55.1. The maximum absolute atomic E-state index is 9.00. The van der Waals surface area contributed by atoms with Crippen molar-refractivity contribution >= 4 is 12.4 Å². The molecular weight excluding hydrogens is 112 g/mol. The molecule has 0 aromatic carbocycles. The molecule has 0 atom stereocenters. The normalized spacial score (nSPS) is 4.62. The molecule has 0 rings (SSSR count). The minimum absolute atomic E-state index is 0. The van der Waals surface area contributed by atoms with E-state index in [2.05, 4.69) is 0 Å². The number of hydrogen-bond donors (Lipinski definition) is 2. The van der Waals surface area contributed by atoms with Crippen molar-refractivity contribution in [3.05, 3.63) is 0 Å². The summed E-state index contributed by atoms with van der Waals surface area (Å²) in [4.78, 5) is 17.4. The minimum Gasteiger partial charge on any atom is -0.483 e. The van der Waals surface area contributed by atoms with Gasteiger partial charge in [0.25, 0.3) is 12.4 Å². The van der Waals surface area contributed by atoms with E-state index in [-0.39, 0.29) is 13.9 Å². The average molecular weight is 122 g/mol. The van der Waals surface area contributed by atoms with E-state index in [1.165, 1.54) is 0 Å². The maximum Gasteiger partial charge on any atom is 0.300 e. The number of hydrogen-bond acceptors (Lipinski definition) is 2. The molecule has 0 amide bonds. The summed E-state index contributed by atoms with van der Waals surface area (Å²) in [6.45, 7) is 0.833. The molecule has 2 N–H and O–H groups in total. The van der Waals surface area contributed by atoms with Crippen LogP contribution in [0.4, 0.5) is 0 Å². The number of carbonyl (C=O) groups is 2. The standard InChI is InChI=1S/C2H4O2.CH2O2.CH4/c1-2(3)4;2-1-3;/h1H3,(H,3,4);1H,(H,2,3);1H4. The van der Waals surface area contributed by atoms with Crippen molar-refractivity contribution in [2.45, 2.75) is 14.4 Å². The van der Waals surface area contributed by atoms with Gasteiger partial charge in [0.2, 0.25) is 0 Å². The molecule has 0 heterocycles. The number of rotatable bonds is 0. The van der Waals surface area contributed by atoms with E-state index in [1.807, 2.05) is 0 Å². The van der Waals surface area contributed by atoms with Gasteiger partial charge in [0, 0.05) is 6.92 Å². The van der Waals surface area contributed by atoms with Gasteiger partial charge >= 0.3 is 0 Å². The molecule has 0 aliphatic carbocycles. The van der Waals surface area contributed by atoms with Gasteiger partial charge in [0.1, 0.15) is 0 Å². The predicted molar refractivity (Wildman–Crippen MR) is 28.7 cm³/mol. The second-order valence-electron chi connectivity index (χ2n) is 0.624. The molecule has 0 aromatic rings. The van der Waals surface area contributed by atoms with E-state index in [0.29, 0.717) is 0 Å².